The average molecular weight is 178 g/mol. The van der Waals surface area contributed by atoms with E-state index in [4.69, 9.17) is 6.42 Å². The summed E-state index contributed by atoms with van der Waals surface area (Å²) in [4.78, 5) is 0. The van der Waals surface area contributed by atoms with E-state index in [9.17, 15) is 5.11 Å². The highest BCUT2D eigenvalue weighted by molar-refractivity contribution is 5.14. The molecule has 0 bridgehead atoms. The number of terminal acetylenes is 1. The zero-order chi connectivity index (χ0) is 9.90. The Bertz CT molecular complexity index is 242. The standard InChI is InChI=1S/C12H18O/c1-4-5-6-10-7-11(13)9-12(2,3)8-10/h1,7,11,13H,5-6,8-9H2,2-3H3. The van der Waals surface area contributed by atoms with Gasteiger partial charge in [0.25, 0.3) is 0 Å². The summed E-state index contributed by atoms with van der Waals surface area (Å²) in [5, 5.41) is 9.59. The van der Waals surface area contributed by atoms with E-state index in [2.05, 4.69) is 19.8 Å². The molecule has 1 unspecified atom stereocenters. The molecule has 0 spiro atoms. The zero-order valence-electron chi connectivity index (χ0n) is 8.51. The summed E-state index contributed by atoms with van der Waals surface area (Å²) < 4.78 is 0. The van der Waals surface area contributed by atoms with Crippen LogP contribution in [0.4, 0.5) is 0 Å². The maximum atomic E-state index is 9.59. The zero-order valence-corrected chi connectivity index (χ0v) is 8.51. The third-order valence-electron chi connectivity index (χ3n) is 2.49. The predicted octanol–water partition coefficient (Wildman–Crippen LogP) is 2.51. The molecule has 1 rings (SSSR count). The van der Waals surface area contributed by atoms with Gasteiger partial charge in [-0.2, -0.15) is 0 Å². The van der Waals surface area contributed by atoms with E-state index in [1.165, 1.54) is 5.57 Å². The number of allylic oxidation sites excluding steroid dienone is 1. The summed E-state index contributed by atoms with van der Waals surface area (Å²) in [6.07, 6.45) is 10.6. The number of hydrogen-bond donors (Lipinski definition) is 1. The van der Waals surface area contributed by atoms with E-state index in [-0.39, 0.29) is 11.5 Å². The topological polar surface area (TPSA) is 20.2 Å². The van der Waals surface area contributed by atoms with E-state index in [1.54, 1.807) is 0 Å². The number of aliphatic hydroxyl groups excluding tert-OH is 1. The van der Waals surface area contributed by atoms with Crippen molar-refractivity contribution in [1.82, 2.24) is 0 Å². The summed E-state index contributed by atoms with van der Waals surface area (Å²) in [5.74, 6) is 2.63. The Kier molecular flexibility index (Phi) is 3.17. The van der Waals surface area contributed by atoms with Crippen molar-refractivity contribution in [3.63, 3.8) is 0 Å². The molecule has 0 saturated heterocycles. The summed E-state index contributed by atoms with van der Waals surface area (Å²) in [6, 6.07) is 0. The van der Waals surface area contributed by atoms with Crippen molar-refractivity contribution < 1.29 is 5.11 Å². The summed E-state index contributed by atoms with van der Waals surface area (Å²) >= 11 is 0. The molecule has 72 valence electrons. The first kappa shape index (κ1) is 10.3. The molecule has 1 N–H and O–H groups in total. The van der Waals surface area contributed by atoms with Gasteiger partial charge in [-0.3, -0.25) is 0 Å². The Morgan fingerprint density at radius 1 is 1.69 bits per heavy atom. The van der Waals surface area contributed by atoms with Crippen LogP contribution in [0.3, 0.4) is 0 Å². The van der Waals surface area contributed by atoms with Crippen molar-refractivity contribution in [1.29, 1.82) is 0 Å². The van der Waals surface area contributed by atoms with Gasteiger partial charge in [0.05, 0.1) is 6.10 Å². The first-order chi connectivity index (χ1) is 6.03. The van der Waals surface area contributed by atoms with Crippen molar-refractivity contribution in [2.24, 2.45) is 5.41 Å². The molecule has 0 fully saturated rings. The molecule has 1 aliphatic carbocycles. The molecule has 0 aromatic rings. The summed E-state index contributed by atoms with van der Waals surface area (Å²) in [7, 11) is 0. The van der Waals surface area contributed by atoms with Gasteiger partial charge in [-0.05, 0) is 24.7 Å². The SMILES string of the molecule is C#CCCC1=CC(O)CC(C)(C)C1. The first-order valence-corrected chi connectivity index (χ1v) is 4.84. The fourth-order valence-corrected chi connectivity index (χ4v) is 2.05. The smallest absolute Gasteiger partial charge is 0.0728 e. The second-order valence-electron chi connectivity index (χ2n) is 4.64. The van der Waals surface area contributed by atoms with Crippen LogP contribution in [0.1, 0.15) is 39.5 Å². The van der Waals surface area contributed by atoms with Gasteiger partial charge in [0.2, 0.25) is 0 Å². The third-order valence-corrected chi connectivity index (χ3v) is 2.49. The maximum Gasteiger partial charge on any atom is 0.0728 e. The van der Waals surface area contributed by atoms with Gasteiger partial charge in [-0.25, -0.2) is 0 Å². The van der Waals surface area contributed by atoms with Crippen molar-refractivity contribution in [3.05, 3.63) is 11.6 Å². The molecular weight excluding hydrogens is 160 g/mol. The van der Waals surface area contributed by atoms with Gasteiger partial charge in [0.15, 0.2) is 0 Å². The van der Waals surface area contributed by atoms with Crippen molar-refractivity contribution in [2.75, 3.05) is 0 Å². The molecule has 0 amide bonds. The van der Waals surface area contributed by atoms with E-state index in [0.29, 0.717) is 0 Å². The average Bonchev–Trinajstić information content (AvgIpc) is 1.97. The lowest BCUT2D eigenvalue weighted by Gasteiger charge is -2.32. The van der Waals surface area contributed by atoms with Crippen LogP contribution in [0.2, 0.25) is 0 Å². The van der Waals surface area contributed by atoms with Crippen LogP contribution in [-0.2, 0) is 0 Å². The number of aliphatic hydroxyl groups is 1. The fraction of sp³-hybridized carbons (Fsp3) is 0.667. The highest BCUT2D eigenvalue weighted by atomic mass is 16.3. The summed E-state index contributed by atoms with van der Waals surface area (Å²) in [6.45, 7) is 4.39. The van der Waals surface area contributed by atoms with Crippen molar-refractivity contribution in [2.45, 2.75) is 45.6 Å². The van der Waals surface area contributed by atoms with Crippen LogP contribution >= 0.6 is 0 Å². The van der Waals surface area contributed by atoms with Crippen LogP contribution in [0.15, 0.2) is 11.6 Å². The molecule has 0 aromatic carbocycles. The van der Waals surface area contributed by atoms with Gasteiger partial charge in [0.1, 0.15) is 0 Å². The Morgan fingerprint density at radius 3 is 2.92 bits per heavy atom. The minimum Gasteiger partial charge on any atom is -0.389 e. The molecule has 0 saturated carbocycles. The van der Waals surface area contributed by atoms with E-state index < -0.39 is 0 Å². The van der Waals surface area contributed by atoms with E-state index in [0.717, 1.165) is 25.7 Å². The van der Waals surface area contributed by atoms with Crippen LogP contribution in [0.25, 0.3) is 0 Å². The van der Waals surface area contributed by atoms with E-state index >= 15 is 0 Å². The Labute approximate surface area is 80.9 Å². The molecule has 13 heavy (non-hydrogen) atoms. The minimum absolute atomic E-state index is 0.234. The largest absolute Gasteiger partial charge is 0.389 e. The van der Waals surface area contributed by atoms with Gasteiger partial charge >= 0.3 is 0 Å². The summed E-state index contributed by atoms with van der Waals surface area (Å²) in [5.41, 5.74) is 1.56. The van der Waals surface area contributed by atoms with Gasteiger partial charge < -0.3 is 5.11 Å². The lowest BCUT2D eigenvalue weighted by Crippen LogP contribution is -2.24. The monoisotopic (exact) mass is 178 g/mol. The van der Waals surface area contributed by atoms with E-state index in [1.807, 2.05) is 6.08 Å². The van der Waals surface area contributed by atoms with Gasteiger partial charge in [-0.1, -0.05) is 25.5 Å². The fourth-order valence-electron chi connectivity index (χ4n) is 2.05. The molecule has 1 atom stereocenters. The number of rotatable bonds is 2. The lowest BCUT2D eigenvalue weighted by atomic mass is 9.75. The number of hydrogen-bond acceptors (Lipinski definition) is 1. The second kappa shape index (κ2) is 3.98. The molecular formula is C12H18O. The van der Waals surface area contributed by atoms with Crippen LogP contribution < -0.4 is 0 Å². The molecule has 1 aliphatic rings. The highest BCUT2D eigenvalue weighted by Crippen LogP contribution is 2.36. The normalized spacial score (nSPS) is 26.3. The quantitative estimate of drug-likeness (QED) is 0.509. The maximum absolute atomic E-state index is 9.59. The lowest BCUT2D eigenvalue weighted by molar-refractivity contribution is 0.138. The Hall–Kier alpha value is -0.740. The van der Waals surface area contributed by atoms with Crippen LogP contribution in [-0.4, -0.2) is 11.2 Å². The molecule has 0 radical (unpaired) electrons. The van der Waals surface area contributed by atoms with Crippen molar-refractivity contribution >= 4 is 0 Å². The van der Waals surface area contributed by atoms with Crippen molar-refractivity contribution in [3.8, 4) is 12.3 Å². The predicted molar refractivity (Wildman–Crippen MR) is 55.2 cm³/mol. The molecule has 0 aliphatic heterocycles. The van der Waals surface area contributed by atoms with Crippen LogP contribution in [0, 0.1) is 17.8 Å². The Balaban J connectivity index is 2.60. The third kappa shape index (κ3) is 3.24. The molecule has 1 heteroatoms. The molecule has 0 aromatic heterocycles. The first-order valence-electron chi connectivity index (χ1n) is 4.84. The van der Waals surface area contributed by atoms with Gasteiger partial charge in [-0.15, -0.1) is 12.3 Å². The highest BCUT2D eigenvalue weighted by Gasteiger charge is 2.26. The second-order valence-corrected chi connectivity index (χ2v) is 4.64. The Morgan fingerprint density at radius 2 is 2.38 bits per heavy atom. The van der Waals surface area contributed by atoms with Crippen LogP contribution in [0.5, 0.6) is 0 Å². The minimum atomic E-state index is -0.267. The molecule has 0 heterocycles. The molecule has 1 nitrogen and oxygen atoms in total. The van der Waals surface area contributed by atoms with Gasteiger partial charge in [0, 0.05) is 6.42 Å².